The summed E-state index contributed by atoms with van der Waals surface area (Å²) >= 11 is 9.17. The molecule has 20 heavy (non-hydrogen) atoms. The van der Waals surface area contributed by atoms with Gasteiger partial charge in [-0.2, -0.15) is 0 Å². The highest BCUT2D eigenvalue weighted by Crippen LogP contribution is 2.22. The van der Waals surface area contributed by atoms with Gasteiger partial charge in [0.15, 0.2) is 0 Å². The van der Waals surface area contributed by atoms with E-state index in [1.165, 1.54) is 18.2 Å². The Balaban J connectivity index is 2.17. The number of hydrogen-bond acceptors (Lipinski definition) is 3. The highest BCUT2D eigenvalue weighted by molar-refractivity contribution is 9.10. The van der Waals surface area contributed by atoms with Gasteiger partial charge in [0.1, 0.15) is 0 Å². The van der Waals surface area contributed by atoms with Gasteiger partial charge in [0, 0.05) is 11.0 Å². The Kier molecular flexibility index (Phi) is 4.70. The Morgan fingerprint density at radius 1 is 1.20 bits per heavy atom. The standard InChI is InChI=1S/C13H12BrClN2O2S/c14-10-3-1-2-9(6-10)8-17-20(18,19)11-4-5-13(16)12(15)7-11/h1-7,17H,8,16H2. The minimum atomic E-state index is -3.62. The van der Waals surface area contributed by atoms with Crippen LogP contribution in [-0.2, 0) is 16.6 Å². The van der Waals surface area contributed by atoms with Gasteiger partial charge in [-0.1, -0.05) is 39.7 Å². The molecule has 0 aliphatic heterocycles. The second-order valence-electron chi connectivity index (χ2n) is 4.14. The molecule has 0 saturated heterocycles. The third-order valence-corrected chi connectivity index (χ3v) is 4.86. The van der Waals surface area contributed by atoms with E-state index in [1.54, 1.807) is 0 Å². The van der Waals surface area contributed by atoms with E-state index in [0.29, 0.717) is 5.69 Å². The summed E-state index contributed by atoms with van der Waals surface area (Å²) in [7, 11) is -3.62. The Bertz CT molecular complexity index is 735. The number of sulfonamides is 1. The molecule has 0 spiro atoms. The number of nitrogens with one attached hydrogen (secondary N) is 1. The van der Waals surface area contributed by atoms with Crippen molar-refractivity contribution in [3.8, 4) is 0 Å². The molecule has 0 atom stereocenters. The van der Waals surface area contributed by atoms with Crippen molar-refractivity contribution in [2.75, 3.05) is 5.73 Å². The fraction of sp³-hybridized carbons (Fsp3) is 0.0769. The van der Waals surface area contributed by atoms with Crippen LogP contribution in [0.2, 0.25) is 5.02 Å². The first-order valence-corrected chi connectivity index (χ1v) is 8.33. The predicted molar refractivity (Wildman–Crippen MR) is 84.0 cm³/mol. The van der Waals surface area contributed by atoms with E-state index in [9.17, 15) is 8.42 Å². The minimum absolute atomic E-state index is 0.0895. The molecule has 2 rings (SSSR count). The summed E-state index contributed by atoms with van der Waals surface area (Å²) in [6, 6.07) is 11.6. The van der Waals surface area contributed by atoms with Crippen molar-refractivity contribution < 1.29 is 8.42 Å². The molecule has 0 aliphatic rings. The topological polar surface area (TPSA) is 72.2 Å². The first-order valence-electron chi connectivity index (χ1n) is 5.67. The van der Waals surface area contributed by atoms with E-state index in [-0.39, 0.29) is 16.5 Å². The van der Waals surface area contributed by atoms with Crippen molar-refractivity contribution in [3.63, 3.8) is 0 Å². The van der Waals surface area contributed by atoms with Gasteiger partial charge in [-0.25, -0.2) is 13.1 Å². The monoisotopic (exact) mass is 374 g/mol. The lowest BCUT2D eigenvalue weighted by molar-refractivity contribution is 0.581. The van der Waals surface area contributed by atoms with Crippen molar-refractivity contribution in [3.05, 3.63) is 57.5 Å². The summed E-state index contributed by atoms with van der Waals surface area (Å²) in [5.41, 5.74) is 6.76. The molecule has 7 heteroatoms. The first kappa shape index (κ1) is 15.3. The summed E-state index contributed by atoms with van der Waals surface area (Å²) in [6.45, 7) is 0.198. The average molecular weight is 376 g/mol. The molecule has 2 aromatic carbocycles. The number of halogens is 2. The number of hydrogen-bond donors (Lipinski definition) is 2. The van der Waals surface area contributed by atoms with Gasteiger partial charge in [-0.05, 0) is 35.9 Å². The summed E-state index contributed by atoms with van der Waals surface area (Å²) in [5, 5.41) is 0.218. The second kappa shape index (κ2) is 6.13. The van der Waals surface area contributed by atoms with Crippen LogP contribution in [0.5, 0.6) is 0 Å². The van der Waals surface area contributed by atoms with E-state index in [4.69, 9.17) is 17.3 Å². The molecule has 0 unspecified atom stereocenters. The summed E-state index contributed by atoms with van der Waals surface area (Å²) in [6.07, 6.45) is 0. The maximum atomic E-state index is 12.1. The maximum absolute atomic E-state index is 12.1. The van der Waals surface area contributed by atoms with Gasteiger partial charge in [-0.15, -0.1) is 0 Å². The third kappa shape index (κ3) is 3.73. The number of anilines is 1. The van der Waals surface area contributed by atoms with Crippen LogP contribution in [0.15, 0.2) is 51.8 Å². The second-order valence-corrected chi connectivity index (χ2v) is 7.23. The zero-order chi connectivity index (χ0) is 14.8. The van der Waals surface area contributed by atoms with Crippen LogP contribution in [0.4, 0.5) is 5.69 Å². The van der Waals surface area contributed by atoms with E-state index < -0.39 is 10.0 Å². The molecule has 0 amide bonds. The largest absolute Gasteiger partial charge is 0.398 e. The molecule has 106 valence electrons. The lowest BCUT2D eigenvalue weighted by Crippen LogP contribution is -2.23. The van der Waals surface area contributed by atoms with E-state index in [2.05, 4.69) is 20.7 Å². The van der Waals surface area contributed by atoms with Gasteiger partial charge in [-0.3, -0.25) is 0 Å². The van der Waals surface area contributed by atoms with Crippen LogP contribution >= 0.6 is 27.5 Å². The van der Waals surface area contributed by atoms with Crippen LogP contribution in [0.3, 0.4) is 0 Å². The predicted octanol–water partition coefficient (Wildman–Crippen LogP) is 3.16. The van der Waals surface area contributed by atoms with Gasteiger partial charge >= 0.3 is 0 Å². The molecular formula is C13H12BrClN2O2S. The molecule has 0 fully saturated rings. The summed E-state index contributed by atoms with van der Waals surface area (Å²) in [4.78, 5) is 0.0895. The normalized spacial score (nSPS) is 11.5. The molecule has 2 aromatic rings. The lowest BCUT2D eigenvalue weighted by atomic mass is 10.2. The van der Waals surface area contributed by atoms with Gasteiger partial charge < -0.3 is 5.73 Å². The highest BCUT2D eigenvalue weighted by Gasteiger charge is 2.14. The summed E-state index contributed by atoms with van der Waals surface area (Å²) in [5.74, 6) is 0. The van der Waals surface area contributed by atoms with Crippen LogP contribution in [0.25, 0.3) is 0 Å². The zero-order valence-electron chi connectivity index (χ0n) is 10.3. The average Bonchev–Trinajstić information content (AvgIpc) is 2.40. The zero-order valence-corrected chi connectivity index (χ0v) is 13.5. The van der Waals surface area contributed by atoms with E-state index in [0.717, 1.165) is 10.0 Å². The molecule has 4 nitrogen and oxygen atoms in total. The number of rotatable bonds is 4. The lowest BCUT2D eigenvalue weighted by Gasteiger charge is -2.08. The smallest absolute Gasteiger partial charge is 0.240 e. The Morgan fingerprint density at radius 3 is 2.60 bits per heavy atom. The van der Waals surface area contributed by atoms with Crippen molar-refractivity contribution in [1.29, 1.82) is 0 Å². The van der Waals surface area contributed by atoms with Crippen LogP contribution in [-0.4, -0.2) is 8.42 Å². The minimum Gasteiger partial charge on any atom is -0.398 e. The van der Waals surface area contributed by atoms with E-state index >= 15 is 0 Å². The molecule has 0 saturated carbocycles. The van der Waals surface area contributed by atoms with Crippen molar-refractivity contribution >= 4 is 43.2 Å². The highest BCUT2D eigenvalue weighted by atomic mass is 79.9. The molecule has 3 N–H and O–H groups in total. The molecule has 0 heterocycles. The first-order chi connectivity index (χ1) is 9.38. The SMILES string of the molecule is Nc1ccc(S(=O)(=O)NCc2cccc(Br)c2)cc1Cl. The molecule has 0 aliphatic carbocycles. The Morgan fingerprint density at radius 2 is 1.95 bits per heavy atom. The van der Waals surface area contributed by atoms with Gasteiger partial charge in [0.2, 0.25) is 10.0 Å². The molecule has 0 bridgehead atoms. The summed E-state index contributed by atoms with van der Waals surface area (Å²) < 4.78 is 27.7. The van der Waals surface area contributed by atoms with Crippen molar-refractivity contribution in [2.45, 2.75) is 11.4 Å². The number of benzene rings is 2. The Labute approximate surface area is 131 Å². The number of nitrogens with two attached hydrogens (primary N) is 1. The van der Waals surface area contributed by atoms with Crippen LogP contribution in [0, 0.1) is 0 Å². The van der Waals surface area contributed by atoms with E-state index in [1.807, 2.05) is 24.3 Å². The van der Waals surface area contributed by atoms with Crippen molar-refractivity contribution in [2.24, 2.45) is 0 Å². The fourth-order valence-electron chi connectivity index (χ4n) is 1.58. The molecule has 0 radical (unpaired) electrons. The van der Waals surface area contributed by atoms with Crippen LogP contribution in [0.1, 0.15) is 5.56 Å². The van der Waals surface area contributed by atoms with Gasteiger partial charge in [0.05, 0.1) is 15.6 Å². The number of nitrogen functional groups attached to an aromatic ring is 1. The molecule has 0 aromatic heterocycles. The third-order valence-electron chi connectivity index (χ3n) is 2.64. The molecular weight excluding hydrogens is 364 g/mol. The van der Waals surface area contributed by atoms with Crippen molar-refractivity contribution in [1.82, 2.24) is 4.72 Å². The maximum Gasteiger partial charge on any atom is 0.240 e. The van der Waals surface area contributed by atoms with Crippen LogP contribution < -0.4 is 10.5 Å². The Hall–Kier alpha value is -1.08. The quantitative estimate of drug-likeness (QED) is 0.806. The fourth-order valence-corrected chi connectivity index (χ4v) is 3.32. The van der Waals surface area contributed by atoms with Gasteiger partial charge in [0.25, 0.3) is 0 Å².